The molecule has 41 heavy (non-hydrogen) atoms. The molecule has 7 rings (SSSR count). The second-order valence-corrected chi connectivity index (χ2v) is 9.99. The molecule has 0 bridgehead atoms. The molecule has 6 aromatic rings. The maximum absolute atomic E-state index is 13.2. The predicted octanol–water partition coefficient (Wildman–Crippen LogP) is 5.24. The molecule has 4 aromatic carbocycles. The summed E-state index contributed by atoms with van der Waals surface area (Å²) in [5, 5.41) is 31.2. The average molecular weight is 541 g/mol. The van der Waals surface area contributed by atoms with Crippen molar-refractivity contribution in [2.75, 3.05) is 5.32 Å². The van der Waals surface area contributed by atoms with E-state index in [0.29, 0.717) is 29.9 Å². The lowest BCUT2D eigenvalue weighted by atomic mass is 9.91. The van der Waals surface area contributed by atoms with Crippen molar-refractivity contribution < 1.29 is 15.0 Å². The van der Waals surface area contributed by atoms with E-state index in [1.165, 1.54) is 0 Å². The number of carbonyl (C=O) groups excluding carboxylic acids is 1. The number of rotatable bonds is 5. The van der Waals surface area contributed by atoms with Crippen LogP contribution in [-0.4, -0.2) is 41.1 Å². The number of nitrogens with zero attached hydrogens (tertiary/aromatic N) is 5. The first-order valence-electron chi connectivity index (χ1n) is 13.2. The highest BCUT2D eigenvalue weighted by Crippen LogP contribution is 2.37. The topological polar surface area (TPSA) is 126 Å². The van der Waals surface area contributed by atoms with Crippen molar-refractivity contribution in [3.8, 4) is 39.7 Å². The quantitative estimate of drug-likeness (QED) is 0.273. The fourth-order valence-corrected chi connectivity index (χ4v) is 5.22. The molecule has 2 heterocycles. The number of benzene rings is 4. The van der Waals surface area contributed by atoms with E-state index in [1.54, 1.807) is 41.1 Å². The third kappa shape index (κ3) is 4.63. The summed E-state index contributed by atoms with van der Waals surface area (Å²) in [4.78, 5) is 23.0. The zero-order valence-electron chi connectivity index (χ0n) is 21.8. The maximum Gasteiger partial charge on any atom is 0.230 e. The molecule has 1 amide bonds. The van der Waals surface area contributed by atoms with Gasteiger partial charge in [0, 0.05) is 11.1 Å². The molecule has 1 aliphatic rings. The maximum atomic E-state index is 13.2. The molecular weight excluding hydrogens is 516 g/mol. The van der Waals surface area contributed by atoms with Gasteiger partial charge in [-0.3, -0.25) is 4.79 Å². The lowest BCUT2D eigenvalue weighted by Crippen LogP contribution is -2.19. The van der Waals surface area contributed by atoms with Crippen LogP contribution in [0.25, 0.3) is 39.2 Å². The largest absolute Gasteiger partial charge is 0.508 e. The Morgan fingerprint density at radius 1 is 0.829 bits per heavy atom. The molecule has 0 spiro atoms. The van der Waals surface area contributed by atoms with E-state index in [4.69, 9.17) is 9.97 Å². The molecule has 0 atom stereocenters. The first-order chi connectivity index (χ1) is 20.0. The number of hydrogen-bond acceptors (Lipinski definition) is 7. The van der Waals surface area contributed by atoms with Gasteiger partial charge >= 0.3 is 0 Å². The van der Waals surface area contributed by atoms with Crippen LogP contribution in [0.15, 0.2) is 91.0 Å². The standard InChI is InChI=1S/C32H24N6O3/c39-23-12-7-20(8-13-23)30-32(33-27-16-9-21-18-24(40)14-15-25(21)31(27)35-30)34-29(41)17-19-5-10-22(11-6-19)38-28-4-2-1-3-26(28)36-37-38/h1-8,10-15,18,39-40H,9,16-17H2,(H,33,34,41). The number of anilines is 1. The number of carbonyl (C=O) groups is 1. The number of aryl methyl sites for hydroxylation is 2. The smallest absolute Gasteiger partial charge is 0.230 e. The summed E-state index contributed by atoms with van der Waals surface area (Å²) < 4.78 is 1.77. The molecule has 1 aliphatic carbocycles. The number of nitrogens with one attached hydrogen (secondary N) is 1. The van der Waals surface area contributed by atoms with Crippen molar-refractivity contribution in [1.82, 2.24) is 25.0 Å². The second kappa shape index (κ2) is 9.87. The number of phenols is 2. The van der Waals surface area contributed by atoms with Gasteiger partial charge in [0.1, 0.15) is 22.7 Å². The second-order valence-electron chi connectivity index (χ2n) is 9.99. The van der Waals surface area contributed by atoms with Crippen LogP contribution >= 0.6 is 0 Å². The monoisotopic (exact) mass is 540 g/mol. The summed E-state index contributed by atoms with van der Waals surface area (Å²) in [5.74, 6) is 0.491. The van der Waals surface area contributed by atoms with E-state index < -0.39 is 0 Å². The number of hydrogen-bond donors (Lipinski definition) is 3. The van der Waals surface area contributed by atoms with Crippen LogP contribution < -0.4 is 5.32 Å². The van der Waals surface area contributed by atoms with Gasteiger partial charge in [-0.1, -0.05) is 29.5 Å². The zero-order chi connectivity index (χ0) is 27.9. The molecule has 2 aromatic heterocycles. The third-order valence-corrected chi connectivity index (χ3v) is 7.24. The molecule has 0 saturated carbocycles. The predicted molar refractivity (Wildman–Crippen MR) is 155 cm³/mol. The number of para-hydroxylation sites is 1. The summed E-state index contributed by atoms with van der Waals surface area (Å²) in [5.41, 5.74) is 8.05. The molecule has 3 N–H and O–H groups in total. The summed E-state index contributed by atoms with van der Waals surface area (Å²) in [6.45, 7) is 0. The van der Waals surface area contributed by atoms with Crippen LogP contribution in [0.4, 0.5) is 5.82 Å². The van der Waals surface area contributed by atoms with Crippen LogP contribution in [-0.2, 0) is 24.1 Å². The highest BCUT2D eigenvalue weighted by molar-refractivity contribution is 5.95. The van der Waals surface area contributed by atoms with Crippen LogP contribution in [0.1, 0.15) is 16.8 Å². The van der Waals surface area contributed by atoms with E-state index in [2.05, 4.69) is 15.6 Å². The summed E-state index contributed by atoms with van der Waals surface area (Å²) in [6.07, 6.45) is 1.50. The molecule has 0 unspecified atom stereocenters. The Bertz CT molecular complexity index is 1930. The first-order valence-corrected chi connectivity index (χ1v) is 13.2. The Morgan fingerprint density at radius 3 is 2.44 bits per heavy atom. The molecule has 9 heteroatoms. The third-order valence-electron chi connectivity index (χ3n) is 7.24. The molecule has 0 fully saturated rings. The number of phenolic OH excluding ortho intramolecular Hbond substituents is 2. The van der Waals surface area contributed by atoms with Gasteiger partial charge in [-0.25, -0.2) is 14.6 Å². The van der Waals surface area contributed by atoms with Crippen LogP contribution in [0.3, 0.4) is 0 Å². The van der Waals surface area contributed by atoms with E-state index in [9.17, 15) is 15.0 Å². The minimum Gasteiger partial charge on any atom is -0.508 e. The molecular formula is C32H24N6O3. The molecule has 200 valence electrons. The van der Waals surface area contributed by atoms with Crippen LogP contribution in [0.5, 0.6) is 11.5 Å². The Labute approximate surface area is 234 Å². The summed E-state index contributed by atoms with van der Waals surface area (Å²) >= 11 is 0. The highest BCUT2D eigenvalue weighted by Gasteiger charge is 2.23. The average Bonchev–Trinajstić information content (AvgIpc) is 3.42. The summed E-state index contributed by atoms with van der Waals surface area (Å²) in [7, 11) is 0. The van der Waals surface area contributed by atoms with Crippen molar-refractivity contribution in [1.29, 1.82) is 0 Å². The van der Waals surface area contributed by atoms with Crippen LogP contribution in [0.2, 0.25) is 0 Å². The molecule has 9 nitrogen and oxygen atoms in total. The minimum atomic E-state index is -0.223. The lowest BCUT2D eigenvalue weighted by Gasteiger charge is -2.21. The van der Waals surface area contributed by atoms with Crippen LogP contribution in [0, 0.1) is 0 Å². The SMILES string of the molecule is O=C(Cc1ccc(-n2nnc3ccccc32)cc1)Nc1nc2c(nc1-c1ccc(O)cc1)-c1ccc(O)cc1CC2. The number of aromatic hydroxyl groups is 2. The van der Waals surface area contributed by atoms with Crippen molar-refractivity contribution in [2.45, 2.75) is 19.3 Å². The van der Waals surface area contributed by atoms with E-state index in [-0.39, 0.29) is 23.8 Å². The number of aromatic nitrogens is 5. The van der Waals surface area contributed by atoms with Gasteiger partial charge in [0.15, 0.2) is 5.82 Å². The minimum absolute atomic E-state index is 0.133. The van der Waals surface area contributed by atoms with E-state index in [1.807, 2.05) is 54.6 Å². The molecule has 0 saturated heterocycles. The fraction of sp³-hybridized carbons (Fsp3) is 0.0938. The fourth-order valence-electron chi connectivity index (χ4n) is 5.22. The lowest BCUT2D eigenvalue weighted by molar-refractivity contribution is -0.115. The zero-order valence-corrected chi connectivity index (χ0v) is 21.8. The number of amides is 1. The van der Waals surface area contributed by atoms with Gasteiger partial charge < -0.3 is 15.5 Å². The van der Waals surface area contributed by atoms with Crippen molar-refractivity contribution in [3.05, 3.63) is 108 Å². The van der Waals surface area contributed by atoms with Crippen molar-refractivity contribution >= 4 is 22.8 Å². The van der Waals surface area contributed by atoms with Gasteiger partial charge in [0.05, 0.1) is 29.0 Å². The van der Waals surface area contributed by atoms with Gasteiger partial charge in [-0.15, -0.1) is 5.10 Å². The Hall–Kier alpha value is -5.57. The van der Waals surface area contributed by atoms with Crippen molar-refractivity contribution in [3.63, 3.8) is 0 Å². The normalized spacial score (nSPS) is 12.1. The van der Waals surface area contributed by atoms with Gasteiger partial charge in [0.2, 0.25) is 5.91 Å². The Balaban J connectivity index is 1.18. The molecule has 0 aliphatic heterocycles. The van der Waals surface area contributed by atoms with Gasteiger partial charge in [-0.2, -0.15) is 0 Å². The van der Waals surface area contributed by atoms with Gasteiger partial charge in [-0.05, 0) is 90.7 Å². The molecule has 0 radical (unpaired) electrons. The van der Waals surface area contributed by atoms with E-state index >= 15 is 0 Å². The summed E-state index contributed by atoms with van der Waals surface area (Å²) in [6, 6.07) is 27.3. The van der Waals surface area contributed by atoms with Crippen molar-refractivity contribution in [2.24, 2.45) is 0 Å². The first kappa shape index (κ1) is 24.5. The highest BCUT2D eigenvalue weighted by atomic mass is 16.3. The van der Waals surface area contributed by atoms with E-state index in [0.717, 1.165) is 44.8 Å². The Kier molecular flexibility index (Phi) is 5.89. The number of fused-ring (bicyclic) bond motifs is 4. The van der Waals surface area contributed by atoms with Gasteiger partial charge in [0.25, 0.3) is 0 Å². The Morgan fingerprint density at radius 2 is 1.61 bits per heavy atom.